The number of benzene rings is 1. The van der Waals surface area contributed by atoms with E-state index in [0.717, 1.165) is 25.1 Å². The van der Waals surface area contributed by atoms with Crippen LogP contribution in [0.1, 0.15) is 22.7 Å². The Morgan fingerprint density at radius 3 is 2.79 bits per heavy atom. The monoisotopic (exact) mass is 396 g/mol. The first-order valence-corrected chi connectivity index (χ1v) is 9.97. The van der Waals surface area contributed by atoms with Crippen LogP contribution in [0.2, 0.25) is 0 Å². The van der Waals surface area contributed by atoms with Gasteiger partial charge in [0.15, 0.2) is 5.82 Å². The fraction of sp³-hybridized carbons (Fsp3) is 0.250. The number of carbonyl (C=O) groups is 2. The topological polar surface area (TPSA) is 87.5 Å². The van der Waals surface area contributed by atoms with E-state index < -0.39 is 11.8 Å². The van der Waals surface area contributed by atoms with Crippen molar-refractivity contribution < 1.29 is 14.1 Å². The number of nitrogens with one attached hydrogen (secondary N) is 2. The summed E-state index contributed by atoms with van der Waals surface area (Å²) in [5.41, 5.74) is 3.82. The molecule has 0 spiro atoms. The number of anilines is 1. The smallest absolute Gasteiger partial charge is 0.314 e. The first-order chi connectivity index (χ1) is 13.7. The third kappa shape index (κ3) is 4.13. The summed E-state index contributed by atoms with van der Waals surface area (Å²) in [6.07, 6.45) is 2.30. The molecule has 0 bridgehead atoms. The summed E-state index contributed by atoms with van der Waals surface area (Å²) in [7, 11) is 0. The number of rotatable bonds is 5. The minimum Gasteiger partial charge on any atom is -0.363 e. The fourth-order valence-corrected chi connectivity index (χ4v) is 4.13. The van der Waals surface area contributed by atoms with Crippen molar-refractivity contribution in [3.63, 3.8) is 0 Å². The van der Waals surface area contributed by atoms with Crippen LogP contribution >= 0.6 is 11.3 Å². The maximum atomic E-state index is 12.2. The molecule has 0 saturated carbocycles. The number of aromatic nitrogens is 1. The van der Waals surface area contributed by atoms with Crippen LogP contribution in [0.15, 0.2) is 57.9 Å². The van der Waals surface area contributed by atoms with Crippen molar-refractivity contribution in [1.29, 1.82) is 0 Å². The zero-order valence-electron chi connectivity index (χ0n) is 15.1. The van der Waals surface area contributed by atoms with Crippen LogP contribution in [-0.2, 0) is 22.6 Å². The normalized spacial score (nSPS) is 14.9. The third-order valence-electron chi connectivity index (χ3n) is 4.87. The van der Waals surface area contributed by atoms with E-state index in [9.17, 15) is 9.59 Å². The van der Waals surface area contributed by atoms with Crippen LogP contribution in [-0.4, -0.2) is 35.0 Å². The van der Waals surface area contributed by atoms with Gasteiger partial charge in [0, 0.05) is 25.7 Å². The highest BCUT2D eigenvalue weighted by Gasteiger charge is 2.26. The molecule has 0 fully saturated rings. The average molecular weight is 396 g/mol. The first kappa shape index (κ1) is 18.4. The van der Waals surface area contributed by atoms with Gasteiger partial charge in [-0.05, 0) is 39.9 Å². The summed E-state index contributed by atoms with van der Waals surface area (Å²) in [4.78, 5) is 26.6. The van der Waals surface area contributed by atoms with Crippen LogP contribution in [0.3, 0.4) is 0 Å². The third-order valence-corrected chi connectivity index (χ3v) is 5.57. The molecule has 0 aliphatic carbocycles. The molecule has 1 aromatic carbocycles. The Labute approximate surface area is 166 Å². The fourth-order valence-electron chi connectivity index (χ4n) is 3.43. The molecule has 2 amide bonds. The zero-order valence-corrected chi connectivity index (χ0v) is 15.9. The van der Waals surface area contributed by atoms with Gasteiger partial charge in [0.05, 0.1) is 6.04 Å². The van der Waals surface area contributed by atoms with Crippen LogP contribution in [0.4, 0.5) is 5.82 Å². The summed E-state index contributed by atoms with van der Waals surface area (Å²) in [5, 5.41) is 12.9. The molecule has 8 heteroatoms. The van der Waals surface area contributed by atoms with Gasteiger partial charge in [0.1, 0.15) is 6.26 Å². The second-order valence-electron chi connectivity index (χ2n) is 6.61. The molecule has 3 heterocycles. The predicted molar refractivity (Wildman–Crippen MR) is 106 cm³/mol. The summed E-state index contributed by atoms with van der Waals surface area (Å²) >= 11 is 1.62. The van der Waals surface area contributed by atoms with E-state index in [4.69, 9.17) is 0 Å². The SMILES string of the molecule is O=C(NCC(c1ccsc1)N1CCc2ccccc2C1)C(=O)Nc1ccon1. The van der Waals surface area contributed by atoms with Gasteiger partial charge in [-0.1, -0.05) is 29.4 Å². The highest BCUT2D eigenvalue weighted by molar-refractivity contribution is 7.08. The lowest BCUT2D eigenvalue weighted by Gasteiger charge is -2.35. The van der Waals surface area contributed by atoms with Gasteiger partial charge >= 0.3 is 11.8 Å². The van der Waals surface area contributed by atoms with Gasteiger partial charge in [-0.15, -0.1) is 0 Å². The molecule has 28 heavy (non-hydrogen) atoms. The van der Waals surface area contributed by atoms with Crippen LogP contribution in [0, 0.1) is 0 Å². The lowest BCUT2D eigenvalue weighted by Crippen LogP contribution is -2.43. The quantitative estimate of drug-likeness (QED) is 0.648. The largest absolute Gasteiger partial charge is 0.363 e. The Bertz CT molecular complexity index is 940. The lowest BCUT2D eigenvalue weighted by molar-refractivity contribution is -0.136. The zero-order chi connectivity index (χ0) is 19.3. The highest BCUT2D eigenvalue weighted by atomic mass is 32.1. The molecule has 2 N–H and O–H groups in total. The van der Waals surface area contributed by atoms with Gasteiger partial charge in [-0.3, -0.25) is 19.8 Å². The van der Waals surface area contributed by atoms with Crippen LogP contribution in [0.5, 0.6) is 0 Å². The van der Waals surface area contributed by atoms with E-state index in [1.54, 1.807) is 11.3 Å². The molecular formula is C20H20N4O3S. The van der Waals surface area contributed by atoms with Gasteiger partial charge in [-0.2, -0.15) is 11.3 Å². The molecule has 0 radical (unpaired) electrons. The average Bonchev–Trinajstić information content (AvgIpc) is 3.42. The van der Waals surface area contributed by atoms with E-state index >= 15 is 0 Å². The first-order valence-electron chi connectivity index (χ1n) is 9.03. The van der Waals surface area contributed by atoms with Crippen LogP contribution < -0.4 is 10.6 Å². The van der Waals surface area contributed by atoms with E-state index in [2.05, 4.69) is 60.9 Å². The number of fused-ring (bicyclic) bond motifs is 1. The standard InChI is InChI=1S/C20H20N4O3S/c25-19(20(26)22-18-6-9-27-23-18)21-11-17(16-7-10-28-13-16)24-8-5-14-3-1-2-4-15(14)12-24/h1-4,6-7,9-10,13,17H,5,8,11-12H2,(H,21,25)(H,22,23,26). The Balaban J connectivity index is 1.43. The summed E-state index contributed by atoms with van der Waals surface area (Å²) in [5.74, 6) is -1.25. The number of thiophene rings is 1. The predicted octanol–water partition coefficient (Wildman–Crippen LogP) is 2.59. The van der Waals surface area contributed by atoms with E-state index in [-0.39, 0.29) is 11.9 Å². The maximum Gasteiger partial charge on any atom is 0.314 e. The summed E-state index contributed by atoms with van der Waals surface area (Å²) < 4.78 is 4.65. The molecule has 0 saturated heterocycles. The highest BCUT2D eigenvalue weighted by Crippen LogP contribution is 2.28. The minimum absolute atomic E-state index is 0.00315. The maximum absolute atomic E-state index is 12.2. The number of carbonyl (C=O) groups excluding carboxylic acids is 2. The Morgan fingerprint density at radius 2 is 2.04 bits per heavy atom. The molecule has 1 unspecified atom stereocenters. The van der Waals surface area contributed by atoms with Crippen molar-refractivity contribution >= 4 is 29.0 Å². The molecule has 7 nitrogen and oxygen atoms in total. The van der Waals surface area contributed by atoms with Crippen molar-refractivity contribution in [2.45, 2.75) is 19.0 Å². The number of amides is 2. The molecule has 4 rings (SSSR count). The summed E-state index contributed by atoms with van der Waals surface area (Å²) in [6.45, 7) is 2.07. The minimum atomic E-state index is -0.762. The van der Waals surface area contributed by atoms with Crippen molar-refractivity contribution in [2.24, 2.45) is 0 Å². The Morgan fingerprint density at radius 1 is 1.18 bits per heavy atom. The number of nitrogens with zero attached hydrogens (tertiary/aromatic N) is 2. The van der Waals surface area contributed by atoms with E-state index in [1.165, 1.54) is 23.5 Å². The van der Waals surface area contributed by atoms with Gasteiger partial charge in [-0.25, -0.2) is 0 Å². The van der Waals surface area contributed by atoms with Gasteiger partial charge < -0.3 is 9.84 Å². The van der Waals surface area contributed by atoms with Crippen molar-refractivity contribution in [1.82, 2.24) is 15.4 Å². The Hall–Kier alpha value is -2.97. The number of hydrogen-bond donors (Lipinski definition) is 2. The van der Waals surface area contributed by atoms with E-state index in [1.807, 2.05) is 5.38 Å². The molecule has 2 aromatic heterocycles. The second-order valence-corrected chi connectivity index (χ2v) is 7.39. The van der Waals surface area contributed by atoms with Crippen molar-refractivity contribution in [3.05, 3.63) is 70.1 Å². The molecule has 3 aromatic rings. The molecule has 1 atom stereocenters. The molecule has 1 aliphatic rings. The summed E-state index contributed by atoms with van der Waals surface area (Å²) in [6, 6.07) is 12.0. The van der Waals surface area contributed by atoms with Gasteiger partial charge in [0.25, 0.3) is 0 Å². The van der Waals surface area contributed by atoms with Crippen LogP contribution in [0.25, 0.3) is 0 Å². The van der Waals surface area contributed by atoms with Crippen molar-refractivity contribution in [3.8, 4) is 0 Å². The number of hydrogen-bond acceptors (Lipinski definition) is 6. The molecule has 1 aliphatic heterocycles. The van der Waals surface area contributed by atoms with Gasteiger partial charge in [0.2, 0.25) is 0 Å². The van der Waals surface area contributed by atoms with E-state index in [0.29, 0.717) is 6.54 Å². The molecule has 144 valence electrons. The lowest BCUT2D eigenvalue weighted by atomic mass is 9.97. The van der Waals surface area contributed by atoms with Crippen molar-refractivity contribution in [2.75, 3.05) is 18.4 Å². The molecular weight excluding hydrogens is 376 g/mol. The second kappa shape index (κ2) is 8.37. The Kier molecular flexibility index (Phi) is 5.50.